The summed E-state index contributed by atoms with van der Waals surface area (Å²) in [7, 11) is -3.43. The number of rotatable bonds is 5. The first kappa shape index (κ1) is 17.9. The van der Waals surface area contributed by atoms with Crippen molar-refractivity contribution in [2.24, 2.45) is 0 Å². The summed E-state index contributed by atoms with van der Waals surface area (Å²) in [5.41, 5.74) is 0.549. The van der Waals surface area contributed by atoms with Gasteiger partial charge in [0, 0.05) is 12.5 Å². The van der Waals surface area contributed by atoms with Gasteiger partial charge in [-0.1, -0.05) is 11.2 Å². The van der Waals surface area contributed by atoms with E-state index in [-0.39, 0.29) is 5.91 Å². The highest BCUT2D eigenvalue weighted by Crippen LogP contribution is 2.21. The van der Waals surface area contributed by atoms with Gasteiger partial charge in [-0.3, -0.25) is 9.52 Å². The van der Waals surface area contributed by atoms with Crippen molar-refractivity contribution < 1.29 is 17.7 Å². The minimum Gasteiger partial charge on any atom is -0.340 e. The predicted molar refractivity (Wildman–Crippen MR) is 89.2 cm³/mol. The number of aromatic nitrogens is 2. The quantitative estimate of drug-likeness (QED) is 0.847. The standard InChI is InChI=1S/C15H20N4O4S/c1-9-6-7-11(8-12(9)19-24(5,21)22)13(20)17-15(3,4)14-16-10(2)23-18-14/h6-8,19H,1-5H3,(H,17,20). The van der Waals surface area contributed by atoms with Crippen LogP contribution in [0.3, 0.4) is 0 Å². The Bertz CT molecular complexity index is 871. The summed E-state index contributed by atoms with van der Waals surface area (Å²) < 4.78 is 30.2. The highest BCUT2D eigenvalue weighted by atomic mass is 32.2. The summed E-state index contributed by atoms with van der Waals surface area (Å²) in [6.07, 6.45) is 1.06. The van der Waals surface area contributed by atoms with Gasteiger partial charge in [0.2, 0.25) is 15.9 Å². The van der Waals surface area contributed by atoms with E-state index in [1.54, 1.807) is 39.8 Å². The van der Waals surface area contributed by atoms with Crippen LogP contribution in [0, 0.1) is 13.8 Å². The summed E-state index contributed by atoms with van der Waals surface area (Å²) in [6, 6.07) is 4.78. The van der Waals surface area contributed by atoms with Crippen LogP contribution in [0.4, 0.5) is 5.69 Å². The minimum absolute atomic E-state index is 0.319. The molecule has 0 aliphatic carbocycles. The third-order valence-corrected chi connectivity index (χ3v) is 3.90. The third-order valence-electron chi connectivity index (χ3n) is 3.31. The van der Waals surface area contributed by atoms with Crippen LogP contribution < -0.4 is 10.0 Å². The van der Waals surface area contributed by atoms with Crippen LogP contribution >= 0.6 is 0 Å². The van der Waals surface area contributed by atoms with Crippen LogP contribution in [-0.4, -0.2) is 30.7 Å². The number of hydrogen-bond donors (Lipinski definition) is 2. The van der Waals surface area contributed by atoms with E-state index in [2.05, 4.69) is 20.2 Å². The Morgan fingerprint density at radius 1 is 1.25 bits per heavy atom. The number of aryl methyl sites for hydroxylation is 2. The molecule has 1 amide bonds. The molecule has 8 nitrogen and oxygen atoms in total. The third kappa shape index (κ3) is 4.31. The zero-order valence-corrected chi connectivity index (χ0v) is 15.0. The fraction of sp³-hybridized carbons (Fsp3) is 0.400. The number of sulfonamides is 1. The van der Waals surface area contributed by atoms with Gasteiger partial charge in [0.05, 0.1) is 17.5 Å². The number of nitrogens with one attached hydrogen (secondary N) is 2. The summed E-state index contributed by atoms with van der Waals surface area (Å²) in [4.78, 5) is 16.6. The number of benzene rings is 1. The van der Waals surface area contributed by atoms with Gasteiger partial charge in [0.15, 0.2) is 5.82 Å². The maximum absolute atomic E-state index is 12.5. The summed E-state index contributed by atoms with van der Waals surface area (Å²) in [6.45, 7) is 6.91. The van der Waals surface area contributed by atoms with E-state index in [0.717, 1.165) is 6.26 Å². The van der Waals surface area contributed by atoms with E-state index in [0.29, 0.717) is 28.5 Å². The first-order valence-electron chi connectivity index (χ1n) is 7.20. The molecule has 0 radical (unpaired) electrons. The van der Waals surface area contributed by atoms with Gasteiger partial charge in [-0.2, -0.15) is 4.98 Å². The zero-order chi connectivity index (χ0) is 18.1. The van der Waals surface area contributed by atoms with Crippen molar-refractivity contribution in [3.63, 3.8) is 0 Å². The van der Waals surface area contributed by atoms with Gasteiger partial charge >= 0.3 is 0 Å². The Kier molecular flexibility index (Phi) is 4.66. The summed E-state index contributed by atoms with van der Waals surface area (Å²) >= 11 is 0. The van der Waals surface area contributed by atoms with Crippen molar-refractivity contribution >= 4 is 21.6 Å². The van der Waals surface area contributed by atoms with Crippen LogP contribution in [0.5, 0.6) is 0 Å². The second-order valence-corrected chi connectivity index (χ2v) is 7.87. The molecular weight excluding hydrogens is 332 g/mol. The van der Waals surface area contributed by atoms with E-state index in [4.69, 9.17) is 4.52 Å². The van der Waals surface area contributed by atoms with Crippen molar-refractivity contribution in [3.05, 3.63) is 41.0 Å². The van der Waals surface area contributed by atoms with Crippen LogP contribution in [0.25, 0.3) is 0 Å². The Balaban J connectivity index is 2.25. The second kappa shape index (κ2) is 6.23. The lowest BCUT2D eigenvalue weighted by molar-refractivity contribution is 0.0907. The van der Waals surface area contributed by atoms with Crippen molar-refractivity contribution in [2.45, 2.75) is 33.2 Å². The SMILES string of the molecule is Cc1nc(C(C)(C)NC(=O)c2ccc(C)c(NS(C)(=O)=O)c2)no1. The number of anilines is 1. The Morgan fingerprint density at radius 3 is 2.46 bits per heavy atom. The second-order valence-electron chi connectivity index (χ2n) is 6.12. The molecular formula is C15H20N4O4S. The van der Waals surface area contributed by atoms with Crippen LogP contribution in [-0.2, 0) is 15.6 Å². The molecule has 2 rings (SSSR count). The Morgan fingerprint density at radius 2 is 1.92 bits per heavy atom. The number of carbonyl (C=O) groups excluding carboxylic acids is 1. The van der Waals surface area contributed by atoms with E-state index < -0.39 is 15.6 Å². The lowest BCUT2D eigenvalue weighted by atomic mass is 10.0. The van der Waals surface area contributed by atoms with Crippen LogP contribution in [0.1, 0.15) is 41.5 Å². The zero-order valence-electron chi connectivity index (χ0n) is 14.2. The van der Waals surface area contributed by atoms with Gasteiger partial charge < -0.3 is 9.84 Å². The van der Waals surface area contributed by atoms with Gasteiger partial charge in [0.1, 0.15) is 0 Å². The molecule has 0 saturated heterocycles. The van der Waals surface area contributed by atoms with Crippen LogP contribution in [0.2, 0.25) is 0 Å². The monoisotopic (exact) mass is 352 g/mol. The molecule has 0 saturated carbocycles. The Hall–Kier alpha value is -2.42. The Labute approximate surface area is 140 Å². The van der Waals surface area contributed by atoms with E-state index in [1.165, 1.54) is 6.07 Å². The van der Waals surface area contributed by atoms with E-state index in [1.807, 2.05) is 0 Å². The maximum atomic E-state index is 12.5. The van der Waals surface area contributed by atoms with Crippen molar-refractivity contribution in [1.82, 2.24) is 15.5 Å². The highest BCUT2D eigenvalue weighted by molar-refractivity contribution is 7.92. The first-order chi connectivity index (χ1) is 11.0. The molecule has 1 heterocycles. The highest BCUT2D eigenvalue weighted by Gasteiger charge is 2.28. The molecule has 0 bridgehead atoms. The number of hydrogen-bond acceptors (Lipinski definition) is 6. The van der Waals surface area contributed by atoms with Gasteiger partial charge in [0.25, 0.3) is 5.91 Å². The molecule has 0 atom stereocenters. The van der Waals surface area contributed by atoms with Crippen molar-refractivity contribution in [2.75, 3.05) is 11.0 Å². The lowest BCUT2D eigenvalue weighted by Crippen LogP contribution is -2.41. The molecule has 24 heavy (non-hydrogen) atoms. The molecule has 130 valence electrons. The molecule has 9 heteroatoms. The summed E-state index contributed by atoms with van der Waals surface area (Å²) in [5, 5.41) is 6.63. The van der Waals surface area contributed by atoms with Crippen molar-refractivity contribution in [1.29, 1.82) is 0 Å². The molecule has 0 aliphatic rings. The molecule has 2 aromatic rings. The molecule has 0 fully saturated rings. The van der Waals surface area contributed by atoms with E-state index >= 15 is 0 Å². The fourth-order valence-electron chi connectivity index (χ4n) is 2.04. The predicted octanol–water partition coefficient (Wildman–Crippen LogP) is 1.72. The molecule has 0 unspecified atom stereocenters. The van der Waals surface area contributed by atoms with Gasteiger partial charge in [-0.25, -0.2) is 8.42 Å². The van der Waals surface area contributed by atoms with Gasteiger partial charge in [-0.15, -0.1) is 0 Å². The molecule has 1 aromatic carbocycles. The number of nitrogens with zero attached hydrogens (tertiary/aromatic N) is 2. The number of amides is 1. The van der Waals surface area contributed by atoms with E-state index in [9.17, 15) is 13.2 Å². The first-order valence-corrected chi connectivity index (χ1v) is 9.09. The van der Waals surface area contributed by atoms with Crippen LogP contribution in [0.15, 0.2) is 22.7 Å². The van der Waals surface area contributed by atoms with Gasteiger partial charge in [-0.05, 0) is 38.5 Å². The lowest BCUT2D eigenvalue weighted by Gasteiger charge is -2.22. The smallest absolute Gasteiger partial charge is 0.252 e. The largest absolute Gasteiger partial charge is 0.340 e. The average Bonchev–Trinajstić information content (AvgIpc) is 2.86. The molecule has 0 spiro atoms. The topological polar surface area (TPSA) is 114 Å². The fourth-order valence-corrected chi connectivity index (χ4v) is 2.66. The molecule has 2 N–H and O–H groups in total. The molecule has 0 aliphatic heterocycles. The normalized spacial score (nSPS) is 12.0. The summed E-state index contributed by atoms with van der Waals surface area (Å²) in [5.74, 6) is 0.385. The molecule has 1 aromatic heterocycles. The van der Waals surface area contributed by atoms with Crippen molar-refractivity contribution in [3.8, 4) is 0 Å². The maximum Gasteiger partial charge on any atom is 0.252 e. The number of carbonyl (C=O) groups is 1. The average molecular weight is 352 g/mol. The minimum atomic E-state index is -3.43.